The third-order valence-electron chi connectivity index (χ3n) is 3.89. The van der Waals surface area contributed by atoms with Gasteiger partial charge in [0.2, 0.25) is 0 Å². The Morgan fingerprint density at radius 2 is 2.19 bits per heavy atom. The number of likely N-dealkylation sites (tertiary alicyclic amines) is 1. The summed E-state index contributed by atoms with van der Waals surface area (Å²) in [6.07, 6.45) is 6.41. The number of unbranched alkanes of at least 4 members (excludes halogenated alkanes) is 1. The van der Waals surface area contributed by atoms with Gasteiger partial charge in [0.15, 0.2) is 5.96 Å². The molecule has 2 unspecified atom stereocenters. The van der Waals surface area contributed by atoms with Gasteiger partial charge in [-0.2, -0.15) is 0 Å². The molecular formula is C15H33IN4O. The fraction of sp³-hybridized carbons (Fsp3) is 0.933. The summed E-state index contributed by atoms with van der Waals surface area (Å²) in [5, 5.41) is 3.12. The molecule has 0 radical (unpaired) electrons. The Hall–Kier alpha value is -0.0800. The van der Waals surface area contributed by atoms with Crippen LogP contribution in [0.1, 0.15) is 46.0 Å². The molecule has 126 valence electrons. The van der Waals surface area contributed by atoms with Crippen LogP contribution in [0.15, 0.2) is 4.99 Å². The van der Waals surface area contributed by atoms with Crippen molar-refractivity contribution in [2.24, 2.45) is 10.7 Å². The maximum Gasteiger partial charge on any atom is 0.188 e. The molecule has 2 atom stereocenters. The second-order valence-corrected chi connectivity index (χ2v) is 5.86. The maximum atomic E-state index is 5.82. The zero-order valence-corrected chi connectivity index (χ0v) is 16.1. The summed E-state index contributed by atoms with van der Waals surface area (Å²) in [6.45, 7) is 8.29. The number of nitrogens with zero attached hydrogens (tertiary/aromatic N) is 2. The first kappa shape index (κ1) is 20.9. The van der Waals surface area contributed by atoms with Crippen LogP contribution in [0.5, 0.6) is 0 Å². The highest BCUT2D eigenvalue weighted by Gasteiger charge is 2.16. The van der Waals surface area contributed by atoms with Gasteiger partial charge in [-0.15, -0.1) is 24.0 Å². The lowest BCUT2D eigenvalue weighted by Gasteiger charge is -2.33. The molecule has 0 aromatic heterocycles. The lowest BCUT2D eigenvalue weighted by Crippen LogP contribution is -2.40. The number of aliphatic imine (C=N–C) groups is 1. The molecule has 1 aliphatic rings. The van der Waals surface area contributed by atoms with Crippen molar-refractivity contribution in [1.29, 1.82) is 0 Å². The molecule has 1 rings (SSSR count). The predicted octanol–water partition coefficient (Wildman–Crippen LogP) is 2.20. The lowest BCUT2D eigenvalue weighted by atomic mass is 10.0. The topological polar surface area (TPSA) is 62.9 Å². The van der Waals surface area contributed by atoms with Crippen LogP contribution in [-0.2, 0) is 4.74 Å². The molecule has 1 heterocycles. The minimum Gasteiger partial charge on any atom is -0.383 e. The van der Waals surface area contributed by atoms with Crippen LogP contribution in [0, 0.1) is 0 Å². The van der Waals surface area contributed by atoms with Crippen LogP contribution in [-0.4, -0.2) is 56.3 Å². The standard InChI is InChI=1S/C15H32N4O.HI/c1-13(12-20-3)18-15(16)17-9-5-7-11-19-10-6-4-8-14(19)2;/h13-14H,4-12H2,1-3H3,(H3,16,17,18);1H. The minimum absolute atomic E-state index is 0. The first-order valence-corrected chi connectivity index (χ1v) is 7.93. The maximum absolute atomic E-state index is 5.82. The molecular weight excluding hydrogens is 379 g/mol. The average molecular weight is 412 g/mol. The highest BCUT2D eigenvalue weighted by Crippen LogP contribution is 2.16. The van der Waals surface area contributed by atoms with Gasteiger partial charge in [0.1, 0.15) is 0 Å². The predicted molar refractivity (Wildman–Crippen MR) is 100 cm³/mol. The van der Waals surface area contributed by atoms with Crippen molar-refractivity contribution >= 4 is 29.9 Å². The molecule has 1 aliphatic heterocycles. The summed E-state index contributed by atoms with van der Waals surface area (Å²) >= 11 is 0. The Kier molecular flexibility index (Phi) is 12.4. The van der Waals surface area contributed by atoms with Crippen molar-refractivity contribution in [3.05, 3.63) is 0 Å². The largest absolute Gasteiger partial charge is 0.383 e. The molecule has 1 saturated heterocycles. The van der Waals surface area contributed by atoms with Gasteiger partial charge in [0, 0.05) is 25.7 Å². The van der Waals surface area contributed by atoms with E-state index in [1.165, 1.54) is 38.8 Å². The van der Waals surface area contributed by atoms with Crippen LogP contribution in [0.4, 0.5) is 0 Å². The molecule has 0 aliphatic carbocycles. The number of nitrogens with one attached hydrogen (secondary N) is 1. The highest BCUT2D eigenvalue weighted by molar-refractivity contribution is 14.0. The van der Waals surface area contributed by atoms with Crippen molar-refractivity contribution in [3.63, 3.8) is 0 Å². The summed E-state index contributed by atoms with van der Waals surface area (Å²) < 4.78 is 5.05. The van der Waals surface area contributed by atoms with E-state index in [4.69, 9.17) is 10.5 Å². The molecule has 0 bridgehead atoms. The van der Waals surface area contributed by atoms with Gasteiger partial charge >= 0.3 is 0 Å². The van der Waals surface area contributed by atoms with Gasteiger partial charge in [-0.25, -0.2) is 0 Å². The van der Waals surface area contributed by atoms with Crippen molar-refractivity contribution < 1.29 is 4.74 Å². The van der Waals surface area contributed by atoms with Crippen LogP contribution in [0.25, 0.3) is 0 Å². The van der Waals surface area contributed by atoms with Crippen LogP contribution in [0.2, 0.25) is 0 Å². The lowest BCUT2D eigenvalue weighted by molar-refractivity contribution is 0.158. The molecule has 0 aromatic rings. The number of halogens is 1. The van der Waals surface area contributed by atoms with Gasteiger partial charge in [-0.05, 0) is 52.6 Å². The minimum atomic E-state index is 0. The molecule has 0 amide bonds. The second kappa shape index (κ2) is 12.5. The molecule has 21 heavy (non-hydrogen) atoms. The number of hydrogen-bond donors (Lipinski definition) is 2. The molecule has 0 aromatic carbocycles. The zero-order chi connectivity index (χ0) is 14.8. The summed E-state index contributed by atoms with van der Waals surface area (Å²) in [6, 6.07) is 0.965. The fourth-order valence-corrected chi connectivity index (χ4v) is 2.71. The third-order valence-corrected chi connectivity index (χ3v) is 3.89. The Labute approximate surface area is 147 Å². The van der Waals surface area contributed by atoms with Crippen molar-refractivity contribution in [3.8, 4) is 0 Å². The normalized spacial score (nSPS) is 21.7. The summed E-state index contributed by atoms with van der Waals surface area (Å²) in [5.41, 5.74) is 5.82. The molecule has 1 fully saturated rings. The van der Waals surface area contributed by atoms with Gasteiger partial charge in [-0.1, -0.05) is 6.42 Å². The van der Waals surface area contributed by atoms with E-state index in [9.17, 15) is 0 Å². The van der Waals surface area contributed by atoms with Crippen molar-refractivity contribution in [2.75, 3.05) is 33.4 Å². The Bertz CT molecular complexity index is 289. The number of rotatable bonds is 8. The van der Waals surface area contributed by atoms with Crippen LogP contribution < -0.4 is 11.1 Å². The van der Waals surface area contributed by atoms with Gasteiger partial charge in [0.25, 0.3) is 0 Å². The Morgan fingerprint density at radius 3 is 2.86 bits per heavy atom. The molecule has 0 saturated carbocycles. The number of hydrogen-bond acceptors (Lipinski definition) is 3. The van der Waals surface area contributed by atoms with E-state index in [1.54, 1.807) is 7.11 Å². The summed E-state index contributed by atoms with van der Waals surface area (Å²) in [7, 11) is 1.69. The van der Waals surface area contributed by atoms with E-state index >= 15 is 0 Å². The molecule has 6 heteroatoms. The smallest absolute Gasteiger partial charge is 0.188 e. The van der Waals surface area contributed by atoms with Crippen molar-refractivity contribution in [1.82, 2.24) is 10.2 Å². The number of nitrogens with two attached hydrogens (primary N) is 1. The third kappa shape index (κ3) is 9.52. The van der Waals surface area contributed by atoms with Crippen LogP contribution >= 0.6 is 24.0 Å². The fourth-order valence-electron chi connectivity index (χ4n) is 2.71. The van der Waals surface area contributed by atoms with E-state index < -0.39 is 0 Å². The monoisotopic (exact) mass is 412 g/mol. The van der Waals surface area contributed by atoms with Crippen LogP contribution in [0.3, 0.4) is 0 Å². The number of ether oxygens (including phenoxy) is 1. The highest BCUT2D eigenvalue weighted by atomic mass is 127. The molecule has 3 N–H and O–H groups in total. The zero-order valence-electron chi connectivity index (χ0n) is 13.8. The molecule has 5 nitrogen and oxygen atoms in total. The Morgan fingerprint density at radius 1 is 1.43 bits per heavy atom. The quantitative estimate of drug-likeness (QED) is 0.278. The van der Waals surface area contributed by atoms with E-state index in [2.05, 4.69) is 22.1 Å². The summed E-state index contributed by atoms with van der Waals surface area (Å²) in [4.78, 5) is 6.96. The summed E-state index contributed by atoms with van der Waals surface area (Å²) in [5.74, 6) is 0.529. The van der Waals surface area contributed by atoms with E-state index in [0.717, 1.165) is 19.0 Å². The first-order chi connectivity index (χ1) is 9.63. The van der Waals surface area contributed by atoms with Gasteiger partial charge in [-0.3, -0.25) is 4.99 Å². The molecule has 0 spiro atoms. The Balaban J connectivity index is 0.00000400. The second-order valence-electron chi connectivity index (χ2n) is 5.86. The van der Waals surface area contributed by atoms with Gasteiger partial charge in [0.05, 0.1) is 6.61 Å². The van der Waals surface area contributed by atoms with E-state index in [0.29, 0.717) is 12.6 Å². The SMILES string of the molecule is COCC(C)NC(N)=NCCCCN1CCCCC1C.I. The number of guanidine groups is 1. The van der Waals surface area contributed by atoms with Gasteiger partial charge < -0.3 is 20.7 Å². The van der Waals surface area contributed by atoms with Crippen molar-refractivity contribution in [2.45, 2.75) is 58.0 Å². The number of piperidine rings is 1. The van der Waals surface area contributed by atoms with E-state index in [1.807, 2.05) is 6.92 Å². The first-order valence-electron chi connectivity index (χ1n) is 7.93. The number of methoxy groups -OCH3 is 1. The average Bonchev–Trinajstić information content (AvgIpc) is 2.40. The van der Waals surface area contributed by atoms with E-state index in [-0.39, 0.29) is 30.0 Å².